The zero-order valence-electron chi connectivity index (χ0n) is 14.2. The lowest BCUT2D eigenvalue weighted by molar-refractivity contribution is -0.134. The number of nitrogens with zero attached hydrogens (tertiary/aromatic N) is 2. The lowest BCUT2D eigenvalue weighted by Crippen LogP contribution is -2.56. The zero-order valence-corrected chi connectivity index (χ0v) is 15.0. The number of hydrogen-bond donors (Lipinski definition) is 2. The summed E-state index contributed by atoms with van der Waals surface area (Å²) in [5.74, 6) is 1.41. The van der Waals surface area contributed by atoms with Crippen LogP contribution < -0.4 is 10.6 Å². The van der Waals surface area contributed by atoms with Crippen LogP contribution in [-0.2, 0) is 22.6 Å². The van der Waals surface area contributed by atoms with Crippen LogP contribution in [0.3, 0.4) is 0 Å². The Kier molecular flexibility index (Phi) is 5.83. The molecule has 2 aromatic rings. The smallest absolute Gasteiger partial charge is 0.237 e. The maximum absolute atomic E-state index is 12.2. The van der Waals surface area contributed by atoms with Crippen molar-refractivity contribution in [2.45, 2.75) is 32.4 Å². The highest BCUT2D eigenvalue weighted by Crippen LogP contribution is 2.15. The topological polar surface area (TPSA) is 87.5 Å². The Morgan fingerprint density at radius 2 is 2.40 bits per heavy atom. The number of rotatable bonds is 7. The summed E-state index contributed by atoms with van der Waals surface area (Å²) in [7, 11) is 0. The highest BCUT2D eigenvalue weighted by atomic mass is 32.1. The fourth-order valence-electron chi connectivity index (χ4n) is 2.88. The molecule has 2 N–H and O–H groups in total. The van der Waals surface area contributed by atoms with Crippen LogP contribution in [-0.4, -0.2) is 47.4 Å². The van der Waals surface area contributed by atoms with E-state index in [1.165, 1.54) is 11.3 Å². The first-order valence-electron chi connectivity index (χ1n) is 8.32. The van der Waals surface area contributed by atoms with Crippen molar-refractivity contribution >= 4 is 23.2 Å². The molecule has 1 fully saturated rings. The molecule has 1 atom stereocenters. The summed E-state index contributed by atoms with van der Waals surface area (Å²) < 4.78 is 5.60. The van der Waals surface area contributed by atoms with Gasteiger partial charge in [0.2, 0.25) is 11.8 Å². The number of aryl methyl sites for hydroxylation is 1. The monoisotopic (exact) mass is 362 g/mol. The largest absolute Gasteiger partial charge is 0.465 e. The van der Waals surface area contributed by atoms with E-state index in [2.05, 4.69) is 15.6 Å². The molecule has 0 bridgehead atoms. The summed E-state index contributed by atoms with van der Waals surface area (Å²) in [4.78, 5) is 30.6. The van der Waals surface area contributed by atoms with Crippen LogP contribution in [0.5, 0.6) is 0 Å². The van der Waals surface area contributed by atoms with E-state index >= 15 is 0 Å². The molecule has 3 rings (SSSR count). The number of nitrogens with one attached hydrogen (secondary N) is 2. The average molecular weight is 362 g/mol. The van der Waals surface area contributed by atoms with E-state index in [-0.39, 0.29) is 18.2 Å². The van der Waals surface area contributed by atoms with Crippen LogP contribution in [0.1, 0.15) is 23.6 Å². The van der Waals surface area contributed by atoms with E-state index in [1.54, 1.807) is 5.51 Å². The highest BCUT2D eigenvalue weighted by Gasteiger charge is 2.32. The average Bonchev–Trinajstić information content (AvgIpc) is 3.23. The third-order valence-corrected chi connectivity index (χ3v) is 4.80. The van der Waals surface area contributed by atoms with Crippen molar-refractivity contribution in [3.05, 3.63) is 40.2 Å². The van der Waals surface area contributed by atoms with E-state index < -0.39 is 6.04 Å². The second-order valence-corrected chi connectivity index (χ2v) is 6.79. The minimum Gasteiger partial charge on any atom is -0.465 e. The van der Waals surface area contributed by atoms with Gasteiger partial charge in [0.25, 0.3) is 0 Å². The number of piperazine rings is 1. The number of aromatic nitrogens is 1. The summed E-state index contributed by atoms with van der Waals surface area (Å²) in [6, 6.07) is 3.34. The lowest BCUT2D eigenvalue weighted by atomic mass is 10.1. The van der Waals surface area contributed by atoms with Gasteiger partial charge in [-0.25, -0.2) is 4.98 Å². The van der Waals surface area contributed by atoms with Gasteiger partial charge in [0, 0.05) is 31.4 Å². The molecule has 1 saturated heterocycles. The fraction of sp³-hybridized carbons (Fsp3) is 0.471. The van der Waals surface area contributed by atoms with Crippen LogP contribution >= 0.6 is 11.3 Å². The fourth-order valence-corrected chi connectivity index (χ4v) is 3.48. The number of carbonyl (C=O) groups excluding carboxylic acids is 2. The molecule has 0 spiro atoms. The lowest BCUT2D eigenvalue weighted by Gasteiger charge is -2.34. The van der Waals surface area contributed by atoms with Crippen molar-refractivity contribution in [2.75, 3.05) is 19.6 Å². The third-order valence-electron chi connectivity index (χ3n) is 4.16. The Hall–Kier alpha value is -2.19. The summed E-state index contributed by atoms with van der Waals surface area (Å²) in [5, 5.41) is 7.68. The van der Waals surface area contributed by atoms with Gasteiger partial charge in [-0.2, -0.15) is 0 Å². The minimum absolute atomic E-state index is 0.107. The normalized spacial score (nSPS) is 18.1. The quantitative estimate of drug-likeness (QED) is 0.770. The van der Waals surface area contributed by atoms with Crippen molar-refractivity contribution in [2.24, 2.45) is 0 Å². The molecule has 3 heterocycles. The summed E-state index contributed by atoms with van der Waals surface area (Å²) in [6.07, 6.45) is 0.837. The van der Waals surface area contributed by atoms with Crippen LogP contribution in [0.15, 0.2) is 27.4 Å². The number of furan rings is 1. The van der Waals surface area contributed by atoms with Gasteiger partial charge in [-0.15, -0.1) is 11.3 Å². The molecule has 0 aliphatic carbocycles. The standard InChI is InChI=1S/C17H22N4O3S/c1-12-2-3-14(24-12)9-21-7-6-19-17(23)15(21)8-16(22)18-5-4-13-10-25-11-20-13/h2-3,10-11,15H,4-9H2,1H3,(H,18,22)(H,19,23). The Bertz CT molecular complexity index is 713. The van der Waals surface area contributed by atoms with Gasteiger partial charge in [-0.05, 0) is 19.1 Å². The molecule has 0 radical (unpaired) electrons. The van der Waals surface area contributed by atoms with Crippen LogP contribution in [0, 0.1) is 6.92 Å². The first-order valence-corrected chi connectivity index (χ1v) is 9.27. The summed E-state index contributed by atoms with van der Waals surface area (Å²) in [5.41, 5.74) is 2.74. The highest BCUT2D eigenvalue weighted by molar-refractivity contribution is 7.07. The van der Waals surface area contributed by atoms with Gasteiger partial charge in [0.05, 0.1) is 30.2 Å². The zero-order chi connectivity index (χ0) is 17.6. The van der Waals surface area contributed by atoms with Gasteiger partial charge < -0.3 is 15.1 Å². The number of thiazole rings is 1. The van der Waals surface area contributed by atoms with Gasteiger partial charge in [-0.1, -0.05) is 0 Å². The van der Waals surface area contributed by atoms with Crippen molar-refractivity contribution in [3.8, 4) is 0 Å². The van der Waals surface area contributed by atoms with Crippen molar-refractivity contribution < 1.29 is 14.0 Å². The Labute approximate surface area is 150 Å². The minimum atomic E-state index is -0.474. The molecular weight excluding hydrogens is 340 g/mol. The second-order valence-electron chi connectivity index (χ2n) is 6.07. The molecule has 25 heavy (non-hydrogen) atoms. The maximum Gasteiger partial charge on any atom is 0.237 e. The predicted octanol–water partition coefficient (Wildman–Crippen LogP) is 1.09. The van der Waals surface area contributed by atoms with E-state index in [1.807, 2.05) is 29.3 Å². The Morgan fingerprint density at radius 1 is 1.52 bits per heavy atom. The Morgan fingerprint density at radius 3 is 3.12 bits per heavy atom. The molecular formula is C17H22N4O3S. The van der Waals surface area contributed by atoms with Crippen molar-refractivity contribution in [3.63, 3.8) is 0 Å². The van der Waals surface area contributed by atoms with Gasteiger partial charge in [-0.3, -0.25) is 14.5 Å². The van der Waals surface area contributed by atoms with Crippen LogP contribution in [0.4, 0.5) is 0 Å². The third kappa shape index (κ3) is 4.90. The Balaban J connectivity index is 1.53. The summed E-state index contributed by atoms with van der Waals surface area (Å²) >= 11 is 1.54. The molecule has 134 valence electrons. The SMILES string of the molecule is Cc1ccc(CN2CCNC(=O)C2CC(=O)NCCc2cscn2)o1. The molecule has 1 aliphatic rings. The molecule has 0 saturated carbocycles. The van der Waals surface area contributed by atoms with Crippen LogP contribution in [0.25, 0.3) is 0 Å². The number of amides is 2. The maximum atomic E-state index is 12.2. The predicted molar refractivity (Wildman–Crippen MR) is 94.1 cm³/mol. The van der Waals surface area contributed by atoms with Gasteiger partial charge in [0.1, 0.15) is 11.5 Å². The molecule has 1 unspecified atom stereocenters. The van der Waals surface area contributed by atoms with Crippen LogP contribution in [0.2, 0.25) is 0 Å². The molecule has 8 heteroatoms. The van der Waals surface area contributed by atoms with E-state index in [0.717, 1.165) is 17.2 Å². The van der Waals surface area contributed by atoms with Crippen molar-refractivity contribution in [1.82, 2.24) is 20.5 Å². The molecule has 2 amide bonds. The molecule has 1 aliphatic heterocycles. The van der Waals surface area contributed by atoms with Crippen molar-refractivity contribution in [1.29, 1.82) is 0 Å². The first-order chi connectivity index (χ1) is 12.1. The molecule has 2 aromatic heterocycles. The molecule has 7 nitrogen and oxygen atoms in total. The van der Waals surface area contributed by atoms with Gasteiger partial charge in [0.15, 0.2) is 0 Å². The second kappa shape index (κ2) is 8.26. The van der Waals surface area contributed by atoms with E-state index in [0.29, 0.717) is 32.6 Å². The van der Waals surface area contributed by atoms with E-state index in [9.17, 15) is 9.59 Å². The number of hydrogen-bond acceptors (Lipinski definition) is 6. The molecule has 0 aromatic carbocycles. The summed E-state index contributed by atoms with van der Waals surface area (Å²) in [6.45, 7) is 4.22. The van der Waals surface area contributed by atoms with E-state index in [4.69, 9.17) is 4.42 Å². The number of carbonyl (C=O) groups is 2. The first kappa shape index (κ1) is 17.6. The van der Waals surface area contributed by atoms with Gasteiger partial charge >= 0.3 is 0 Å².